The van der Waals surface area contributed by atoms with E-state index in [1.165, 1.54) is 0 Å². The number of rotatable bonds is 6. The maximum Gasteiger partial charge on any atom is 0.243 e. The molecule has 0 aromatic carbocycles. The number of aromatic nitrogens is 3. The van der Waals surface area contributed by atoms with Gasteiger partial charge in [-0.1, -0.05) is 0 Å². The van der Waals surface area contributed by atoms with Crippen LogP contribution in [0.15, 0.2) is 0 Å². The smallest absolute Gasteiger partial charge is 0.243 e. The number of hydrazine groups is 1. The fourth-order valence-electron chi connectivity index (χ4n) is 1.48. The van der Waals surface area contributed by atoms with E-state index in [1.54, 1.807) is 4.90 Å². The van der Waals surface area contributed by atoms with E-state index in [4.69, 9.17) is 5.84 Å². The minimum atomic E-state index is -0.237. The van der Waals surface area contributed by atoms with E-state index in [-0.39, 0.29) is 17.4 Å². The van der Waals surface area contributed by atoms with Gasteiger partial charge in [-0.15, -0.1) is 0 Å². The Morgan fingerprint density at radius 3 is 2.33 bits per heavy atom. The molecule has 0 atom stereocenters. The number of carbonyl (C=O) groups excluding carboxylic acids is 1. The van der Waals surface area contributed by atoms with Crippen molar-refractivity contribution in [1.82, 2.24) is 20.3 Å². The van der Waals surface area contributed by atoms with Crippen molar-refractivity contribution < 1.29 is 4.79 Å². The van der Waals surface area contributed by atoms with Crippen molar-refractivity contribution in [3.63, 3.8) is 0 Å². The van der Waals surface area contributed by atoms with Crippen LogP contribution < -0.4 is 26.8 Å². The first-order valence-corrected chi connectivity index (χ1v) is 6.66. The quantitative estimate of drug-likeness (QED) is 0.425. The molecule has 21 heavy (non-hydrogen) atoms. The van der Waals surface area contributed by atoms with Gasteiger partial charge in [-0.3, -0.25) is 10.2 Å². The molecule has 0 unspecified atom stereocenters. The minimum absolute atomic E-state index is 0.0333. The summed E-state index contributed by atoms with van der Waals surface area (Å²) in [4.78, 5) is 25.8. The van der Waals surface area contributed by atoms with Crippen molar-refractivity contribution in [2.75, 3.05) is 36.3 Å². The van der Waals surface area contributed by atoms with Gasteiger partial charge in [-0.05, 0) is 20.8 Å². The highest BCUT2D eigenvalue weighted by atomic mass is 16.1. The lowest BCUT2D eigenvalue weighted by Crippen LogP contribution is -2.41. The van der Waals surface area contributed by atoms with Crippen LogP contribution in [0.25, 0.3) is 0 Å². The fourth-order valence-corrected chi connectivity index (χ4v) is 1.48. The first-order valence-electron chi connectivity index (χ1n) is 6.66. The van der Waals surface area contributed by atoms with Gasteiger partial charge in [0.2, 0.25) is 23.8 Å². The average molecular weight is 296 g/mol. The SMILES string of the molecule is CN(C)c1nc(NN)nc(NCCC(=O)NC(C)(C)C)n1. The van der Waals surface area contributed by atoms with Crippen LogP contribution in [0.2, 0.25) is 0 Å². The Morgan fingerprint density at radius 2 is 1.81 bits per heavy atom. The Balaban J connectivity index is 2.59. The predicted octanol–water partition coefficient (Wildman–Crippen LogP) is -0.0601. The molecule has 0 radical (unpaired) electrons. The molecule has 1 rings (SSSR count). The maximum atomic E-state index is 11.7. The Kier molecular flexibility index (Phi) is 5.65. The Labute approximate surface area is 124 Å². The second-order valence-corrected chi connectivity index (χ2v) is 5.80. The topological polar surface area (TPSA) is 121 Å². The van der Waals surface area contributed by atoms with Crippen molar-refractivity contribution >= 4 is 23.8 Å². The van der Waals surface area contributed by atoms with E-state index >= 15 is 0 Å². The predicted molar refractivity (Wildman–Crippen MR) is 83.0 cm³/mol. The third kappa shape index (κ3) is 6.21. The molecular formula is C12H24N8O. The van der Waals surface area contributed by atoms with Crippen LogP contribution in [0.3, 0.4) is 0 Å². The third-order valence-electron chi connectivity index (χ3n) is 2.30. The summed E-state index contributed by atoms with van der Waals surface area (Å²) >= 11 is 0. The maximum absolute atomic E-state index is 11.7. The van der Waals surface area contributed by atoms with Crippen molar-refractivity contribution in [3.05, 3.63) is 0 Å². The molecule has 0 bridgehead atoms. The molecule has 0 spiro atoms. The van der Waals surface area contributed by atoms with Crippen LogP contribution in [0.1, 0.15) is 27.2 Å². The van der Waals surface area contributed by atoms with Crippen LogP contribution >= 0.6 is 0 Å². The second kappa shape index (κ2) is 7.02. The molecule has 9 nitrogen and oxygen atoms in total. The summed E-state index contributed by atoms with van der Waals surface area (Å²) in [5.41, 5.74) is 2.15. The van der Waals surface area contributed by atoms with Crippen LogP contribution in [0, 0.1) is 0 Å². The van der Waals surface area contributed by atoms with Crippen molar-refractivity contribution in [2.45, 2.75) is 32.7 Å². The van der Waals surface area contributed by atoms with Crippen molar-refractivity contribution in [3.8, 4) is 0 Å². The van der Waals surface area contributed by atoms with Crippen molar-refractivity contribution in [2.24, 2.45) is 5.84 Å². The summed E-state index contributed by atoms with van der Waals surface area (Å²) in [6.07, 6.45) is 0.325. The lowest BCUT2D eigenvalue weighted by molar-refractivity contribution is -0.122. The summed E-state index contributed by atoms with van der Waals surface area (Å²) in [5.74, 6) is 6.38. The molecule has 1 aromatic heterocycles. The van der Waals surface area contributed by atoms with Crippen molar-refractivity contribution in [1.29, 1.82) is 0 Å². The van der Waals surface area contributed by atoms with E-state index < -0.39 is 0 Å². The largest absolute Gasteiger partial charge is 0.354 e. The number of nitrogens with one attached hydrogen (secondary N) is 3. The van der Waals surface area contributed by atoms with Gasteiger partial charge in [0.1, 0.15) is 0 Å². The number of carbonyl (C=O) groups is 1. The van der Waals surface area contributed by atoms with Crippen LogP contribution in [-0.4, -0.2) is 47.0 Å². The van der Waals surface area contributed by atoms with Crippen LogP contribution in [-0.2, 0) is 4.79 Å². The fraction of sp³-hybridized carbons (Fsp3) is 0.667. The van der Waals surface area contributed by atoms with E-state index in [9.17, 15) is 4.79 Å². The number of nitrogen functional groups attached to an aromatic ring is 1. The van der Waals surface area contributed by atoms with E-state index in [1.807, 2.05) is 34.9 Å². The number of hydrogen-bond acceptors (Lipinski definition) is 8. The van der Waals surface area contributed by atoms with Crippen LogP contribution in [0.4, 0.5) is 17.8 Å². The summed E-state index contributed by atoms with van der Waals surface area (Å²) in [5, 5.41) is 5.87. The summed E-state index contributed by atoms with van der Waals surface area (Å²) in [6, 6.07) is 0. The van der Waals surface area contributed by atoms with E-state index in [2.05, 4.69) is 31.0 Å². The van der Waals surface area contributed by atoms with Gasteiger partial charge >= 0.3 is 0 Å². The van der Waals surface area contributed by atoms with Gasteiger partial charge in [0.05, 0.1) is 0 Å². The van der Waals surface area contributed by atoms with Gasteiger partial charge in [-0.2, -0.15) is 15.0 Å². The molecule has 1 heterocycles. The molecule has 0 aliphatic carbocycles. The normalized spacial score (nSPS) is 11.0. The first-order chi connectivity index (χ1) is 9.71. The van der Waals surface area contributed by atoms with Gasteiger partial charge in [0, 0.05) is 32.6 Å². The molecule has 9 heteroatoms. The van der Waals surface area contributed by atoms with Gasteiger partial charge in [-0.25, -0.2) is 5.84 Å². The number of amides is 1. The molecule has 0 fully saturated rings. The number of nitrogens with two attached hydrogens (primary N) is 1. The molecule has 0 aliphatic rings. The van der Waals surface area contributed by atoms with Gasteiger partial charge in [0.15, 0.2) is 0 Å². The lowest BCUT2D eigenvalue weighted by atomic mass is 10.1. The zero-order valence-electron chi connectivity index (χ0n) is 13.2. The Bertz CT molecular complexity index is 483. The summed E-state index contributed by atoms with van der Waals surface area (Å²) in [6.45, 7) is 6.23. The molecule has 1 aromatic rings. The van der Waals surface area contributed by atoms with Gasteiger partial charge in [0.25, 0.3) is 0 Å². The average Bonchev–Trinajstić information content (AvgIpc) is 2.36. The van der Waals surface area contributed by atoms with E-state index in [0.717, 1.165) is 0 Å². The monoisotopic (exact) mass is 296 g/mol. The van der Waals surface area contributed by atoms with E-state index in [0.29, 0.717) is 24.9 Å². The summed E-state index contributed by atoms with van der Waals surface area (Å²) in [7, 11) is 3.63. The second-order valence-electron chi connectivity index (χ2n) is 5.80. The molecule has 0 saturated carbocycles. The molecule has 1 amide bonds. The number of hydrogen-bond donors (Lipinski definition) is 4. The molecule has 0 aliphatic heterocycles. The van der Waals surface area contributed by atoms with Crippen LogP contribution in [0.5, 0.6) is 0 Å². The molecule has 5 N–H and O–H groups in total. The summed E-state index contributed by atoms with van der Waals surface area (Å²) < 4.78 is 0. The zero-order chi connectivity index (χ0) is 16.0. The highest BCUT2D eigenvalue weighted by molar-refractivity contribution is 5.77. The number of anilines is 3. The first kappa shape index (κ1) is 16.9. The Morgan fingerprint density at radius 1 is 1.19 bits per heavy atom. The molecule has 0 saturated heterocycles. The highest BCUT2D eigenvalue weighted by Gasteiger charge is 2.13. The molecule has 118 valence electrons. The minimum Gasteiger partial charge on any atom is -0.354 e. The highest BCUT2D eigenvalue weighted by Crippen LogP contribution is 2.10. The molecular weight excluding hydrogens is 272 g/mol. The van der Waals surface area contributed by atoms with Gasteiger partial charge < -0.3 is 15.5 Å². The Hall–Kier alpha value is -2.16. The number of nitrogens with zero attached hydrogens (tertiary/aromatic N) is 4. The zero-order valence-corrected chi connectivity index (χ0v) is 13.2. The third-order valence-corrected chi connectivity index (χ3v) is 2.30. The standard InChI is InChI=1S/C12H24N8O/c1-12(2,3)18-8(21)6-7-14-9-15-10(19-13)17-11(16-9)20(4)5/h6-7,13H2,1-5H3,(H,18,21)(H2,14,15,16,17,19). The lowest BCUT2D eigenvalue weighted by Gasteiger charge is -2.20.